The highest BCUT2D eigenvalue weighted by Gasteiger charge is 2.29. The molecular weight excluding hydrogens is 343 g/mol. The first kappa shape index (κ1) is 19.5. The van der Waals surface area contributed by atoms with E-state index in [1.54, 1.807) is 6.07 Å². The molecule has 0 bridgehead atoms. The molecule has 0 spiro atoms. The molecule has 4 nitrogen and oxygen atoms in total. The molecule has 1 fully saturated rings. The van der Waals surface area contributed by atoms with Crippen molar-refractivity contribution in [3.63, 3.8) is 0 Å². The maximum absolute atomic E-state index is 14.2. The third kappa shape index (κ3) is 4.73. The molecule has 0 aliphatic carbocycles. The summed E-state index contributed by atoms with van der Waals surface area (Å²) in [6, 6.07) is 16.1. The van der Waals surface area contributed by atoms with Crippen LogP contribution in [0.4, 0.5) is 4.39 Å². The van der Waals surface area contributed by atoms with Crippen molar-refractivity contribution < 1.29 is 13.9 Å². The van der Waals surface area contributed by atoms with E-state index in [1.807, 2.05) is 6.07 Å². The Labute approximate surface area is 160 Å². The molecule has 0 aromatic heterocycles. The van der Waals surface area contributed by atoms with Gasteiger partial charge in [-0.15, -0.1) is 0 Å². The van der Waals surface area contributed by atoms with Gasteiger partial charge in [-0.25, -0.2) is 9.18 Å². The Bertz CT molecular complexity index is 769. The maximum atomic E-state index is 14.2. The third-order valence-electron chi connectivity index (χ3n) is 5.23. The van der Waals surface area contributed by atoms with Crippen LogP contribution in [0.2, 0.25) is 0 Å². The van der Waals surface area contributed by atoms with Crippen LogP contribution in [0.5, 0.6) is 0 Å². The number of ether oxygens (including phenoxy) is 1. The summed E-state index contributed by atoms with van der Waals surface area (Å²) < 4.78 is 18.8. The van der Waals surface area contributed by atoms with E-state index in [2.05, 4.69) is 52.6 Å². The number of esters is 1. The lowest BCUT2D eigenvalue weighted by atomic mass is 10.0. The minimum absolute atomic E-state index is 0.0179. The van der Waals surface area contributed by atoms with Crippen molar-refractivity contribution in [2.75, 3.05) is 20.2 Å². The van der Waals surface area contributed by atoms with Crippen LogP contribution in [0.1, 0.15) is 35.3 Å². The van der Waals surface area contributed by atoms with Gasteiger partial charge in [-0.2, -0.15) is 0 Å². The molecule has 5 heteroatoms. The molecule has 2 atom stereocenters. The fourth-order valence-electron chi connectivity index (χ4n) is 3.89. The van der Waals surface area contributed by atoms with Crippen LogP contribution in [0.3, 0.4) is 0 Å². The van der Waals surface area contributed by atoms with Gasteiger partial charge in [0.2, 0.25) is 0 Å². The maximum Gasteiger partial charge on any atom is 0.340 e. The number of hydrogen-bond donors (Lipinski definition) is 0. The van der Waals surface area contributed by atoms with Gasteiger partial charge in [-0.1, -0.05) is 36.4 Å². The topological polar surface area (TPSA) is 32.8 Å². The molecule has 1 aliphatic rings. The minimum Gasteiger partial charge on any atom is -0.465 e. The number of methoxy groups -OCH3 is 1. The number of rotatable bonds is 5. The van der Waals surface area contributed by atoms with Gasteiger partial charge in [0, 0.05) is 38.3 Å². The lowest BCUT2D eigenvalue weighted by molar-refractivity contribution is 0.0290. The third-order valence-corrected chi connectivity index (χ3v) is 5.23. The second-order valence-electron chi connectivity index (χ2n) is 7.36. The Morgan fingerprint density at radius 1 is 1.04 bits per heavy atom. The zero-order valence-electron chi connectivity index (χ0n) is 16.2. The fourth-order valence-corrected chi connectivity index (χ4v) is 3.89. The highest BCUT2D eigenvalue weighted by atomic mass is 19.1. The Hall–Kier alpha value is -2.24. The number of nitrogens with zero attached hydrogens (tertiary/aromatic N) is 2. The van der Waals surface area contributed by atoms with E-state index in [0.29, 0.717) is 18.6 Å². The van der Waals surface area contributed by atoms with Gasteiger partial charge in [-0.3, -0.25) is 9.80 Å². The summed E-state index contributed by atoms with van der Waals surface area (Å²) in [5, 5.41) is 0. The molecular formula is C22H27FN2O2. The van der Waals surface area contributed by atoms with Gasteiger partial charge in [0.25, 0.3) is 0 Å². The van der Waals surface area contributed by atoms with Crippen molar-refractivity contribution >= 4 is 5.97 Å². The number of carbonyl (C=O) groups excluding carboxylic acids is 1. The SMILES string of the molecule is COC(=O)c1ccc(CN2C[C@@H](C)N(Cc3ccccc3)[C@@H](C)C2)cc1F. The van der Waals surface area contributed by atoms with Gasteiger partial charge in [0.1, 0.15) is 5.82 Å². The molecule has 27 heavy (non-hydrogen) atoms. The molecule has 3 rings (SSSR count). The van der Waals surface area contributed by atoms with Gasteiger partial charge in [-0.05, 0) is 37.1 Å². The van der Waals surface area contributed by atoms with Crippen LogP contribution in [-0.4, -0.2) is 48.1 Å². The van der Waals surface area contributed by atoms with Gasteiger partial charge < -0.3 is 4.74 Å². The van der Waals surface area contributed by atoms with Crippen LogP contribution in [0.25, 0.3) is 0 Å². The molecule has 0 amide bonds. The normalized spacial score (nSPS) is 21.2. The van der Waals surface area contributed by atoms with E-state index >= 15 is 0 Å². The molecule has 144 valence electrons. The highest BCUT2D eigenvalue weighted by Crippen LogP contribution is 2.21. The van der Waals surface area contributed by atoms with E-state index in [-0.39, 0.29) is 5.56 Å². The molecule has 2 aromatic carbocycles. The zero-order chi connectivity index (χ0) is 19.4. The van der Waals surface area contributed by atoms with Crippen molar-refractivity contribution in [1.29, 1.82) is 0 Å². The second-order valence-corrected chi connectivity index (χ2v) is 7.36. The average Bonchev–Trinajstić information content (AvgIpc) is 2.65. The first-order chi connectivity index (χ1) is 13.0. The summed E-state index contributed by atoms with van der Waals surface area (Å²) in [4.78, 5) is 16.4. The quantitative estimate of drug-likeness (QED) is 0.751. The summed E-state index contributed by atoms with van der Waals surface area (Å²) in [6.07, 6.45) is 0. The molecule has 0 unspecified atom stereocenters. The number of hydrogen-bond acceptors (Lipinski definition) is 4. The molecule has 1 saturated heterocycles. The number of benzene rings is 2. The summed E-state index contributed by atoms with van der Waals surface area (Å²) in [7, 11) is 1.26. The van der Waals surface area contributed by atoms with E-state index in [9.17, 15) is 9.18 Å². The van der Waals surface area contributed by atoms with Crippen LogP contribution in [-0.2, 0) is 17.8 Å². The van der Waals surface area contributed by atoms with Crippen molar-refractivity contribution in [2.45, 2.75) is 39.0 Å². The second kappa shape index (κ2) is 8.63. The predicted molar refractivity (Wildman–Crippen MR) is 104 cm³/mol. The highest BCUT2D eigenvalue weighted by molar-refractivity contribution is 5.89. The van der Waals surface area contributed by atoms with Crippen LogP contribution >= 0.6 is 0 Å². The van der Waals surface area contributed by atoms with Gasteiger partial charge in [0.15, 0.2) is 0 Å². The van der Waals surface area contributed by atoms with Crippen molar-refractivity contribution in [3.8, 4) is 0 Å². The first-order valence-corrected chi connectivity index (χ1v) is 9.36. The Kier molecular flexibility index (Phi) is 6.24. The summed E-state index contributed by atoms with van der Waals surface area (Å²) in [6.45, 7) is 7.96. The lowest BCUT2D eigenvalue weighted by Crippen LogP contribution is -2.55. The fraction of sp³-hybridized carbons (Fsp3) is 0.409. The van der Waals surface area contributed by atoms with Crippen LogP contribution in [0.15, 0.2) is 48.5 Å². The molecule has 2 aromatic rings. The van der Waals surface area contributed by atoms with E-state index < -0.39 is 11.8 Å². The predicted octanol–water partition coefficient (Wildman–Crippen LogP) is 3.71. The van der Waals surface area contributed by atoms with E-state index in [0.717, 1.165) is 25.2 Å². The monoisotopic (exact) mass is 370 g/mol. The van der Waals surface area contributed by atoms with Crippen molar-refractivity contribution in [3.05, 3.63) is 71.0 Å². The number of carbonyl (C=O) groups is 1. The molecule has 0 saturated carbocycles. The largest absolute Gasteiger partial charge is 0.465 e. The smallest absolute Gasteiger partial charge is 0.340 e. The number of piperazine rings is 1. The number of halogens is 1. The summed E-state index contributed by atoms with van der Waals surface area (Å²) in [5.41, 5.74) is 2.18. The van der Waals surface area contributed by atoms with Gasteiger partial charge >= 0.3 is 5.97 Å². The lowest BCUT2D eigenvalue weighted by Gasteiger charge is -2.44. The molecule has 1 aliphatic heterocycles. The molecule has 1 heterocycles. The first-order valence-electron chi connectivity index (χ1n) is 9.36. The van der Waals surface area contributed by atoms with E-state index in [1.165, 1.54) is 24.8 Å². The summed E-state index contributed by atoms with van der Waals surface area (Å²) in [5.74, 6) is -1.17. The average molecular weight is 370 g/mol. The molecule has 0 N–H and O–H groups in total. The van der Waals surface area contributed by atoms with Crippen LogP contribution in [0, 0.1) is 5.82 Å². The standard InChI is InChI=1S/C22H27FN2O2/c1-16-12-24(13-17(2)25(16)15-18-7-5-4-6-8-18)14-19-9-10-20(21(23)11-19)22(26)27-3/h4-11,16-17H,12-15H2,1-3H3/t16-,17+. The zero-order valence-corrected chi connectivity index (χ0v) is 16.2. The minimum atomic E-state index is -0.643. The summed E-state index contributed by atoms with van der Waals surface area (Å²) >= 11 is 0. The Balaban J connectivity index is 1.63. The van der Waals surface area contributed by atoms with E-state index in [4.69, 9.17) is 0 Å². The Morgan fingerprint density at radius 3 is 2.30 bits per heavy atom. The van der Waals surface area contributed by atoms with Crippen molar-refractivity contribution in [2.24, 2.45) is 0 Å². The van der Waals surface area contributed by atoms with Crippen molar-refractivity contribution in [1.82, 2.24) is 9.80 Å². The Morgan fingerprint density at radius 2 is 1.70 bits per heavy atom. The van der Waals surface area contributed by atoms with Gasteiger partial charge in [0.05, 0.1) is 12.7 Å². The van der Waals surface area contributed by atoms with Crippen LogP contribution < -0.4 is 0 Å². The molecule has 0 radical (unpaired) electrons.